The van der Waals surface area contributed by atoms with Gasteiger partial charge in [0, 0.05) is 11.4 Å². The lowest BCUT2D eigenvalue weighted by Gasteiger charge is -2.14. The predicted octanol–water partition coefficient (Wildman–Crippen LogP) is 2.77. The van der Waals surface area contributed by atoms with Crippen molar-refractivity contribution in [1.29, 1.82) is 0 Å². The highest BCUT2D eigenvalue weighted by Crippen LogP contribution is 2.37. The number of nitrogens with one attached hydrogen (secondary N) is 1. The van der Waals surface area contributed by atoms with Gasteiger partial charge in [-0.2, -0.15) is 0 Å². The van der Waals surface area contributed by atoms with Gasteiger partial charge in [-0.25, -0.2) is 18.2 Å². The lowest BCUT2D eigenvalue weighted by atomic mass is 10.0. The van der Waals surface area contributed by atoms with Gasteiger partial charge in [0.15, 0.2) is 16.4 Å². The average Bonchev–Trinajstić information content (AvgIpc) is 3.52. The predicted molar refractivity (Wildman–Crippen MR) is 122 cm³/mol. The zero-order chi connectivity index (χ0) is 23.0. The van der Waals surface area contributed by atoms with Crippen LogP contribution in [0.15, 0.2) is 47.1 Å². The van der Waals surface area contributed by atoms with Crippen LogP contribution in [0.3, 0.4) is 0 Å². The number of carbonyl (C=O) groups excluding carboxylic acids is 2. The van der Waals surface area contributed by atoms with Crippen LogP contribution in [0.4, 0.5) is 0 Å². The number of pyridine rings is 1. The highest BCUT2D eigenvalue weighted by molar-refractivity contribution is 7.91. The van der Waals surface area contributed by atoms with E-state index in [0.29, 0.717) is 41.5 Å². The van der Waals surface area contributed by atoms with Crippen molar-refractivity contribution < 1.29 is 27.2 Å². The lowest BCUT2D eigenvalue weighted by molar-refractivity contribution is -0.124. The molecule has 0 radical (unpaired) electrons. The molecule has 9 heteroatoms. The van der Waals surface area contributed by atoms with Gasteiger partial charge in [-0.3, -0.25) is 4.79 Å². The molecule has 1 amide bonds. The third kappa shape index (κ3) is 4.41. The number of hydrogen-bond acceptors (Lipinski definition) is 7. The maximum atomic E-state index is 13.1. The van der Waals surface area contributed by atoms with Gasteiger partial charge in [-0.15, -0.1) is 0 Å². The Hall–Kier alpha value is -3.46. The molecule has 0 saturated carbocycles. The van der Waals surface area contributed by atoms with E-state index in [1.165, 1.54) is 0 Å². The van der Waals surface area contributed by atoms with Crippen molar-refractivity contribution in [3.8, 4) is 0 Å². The third-order valence-electron chi connectivity index (χ3n) is 5.94. The molecule has 1 atom stereocenters. The minimum atomic E-state index is -3.11. The molecule has 1 aromatic carbocycles. The Kier molecular flexibility index (Phi) is 5.49. The number of carbonyl (C=O) groups is 2. The molecule has 33 heavy (non-hydrogen) atoms. The topological polar surface area (TPSA) is 116 Å². The molecule has 2 aliphatic rings. The number of esters is 1. The fraction of sp³-hybridized carbons (Fsp3) is 0.292. The Morgan fingerprint density at radius 2 is 2.03 bits per heavy atom. The van der Waals surface area contributed by atoms with Crippen LogP contribution in [0.5, 0.6) is 0 Å². The van der Waals surface area contributed by atoms with E-state index in [1.807, 2.05) is 42.5 Å². The Morgan fingerprint density at radius 3 is 2.79 bits per heavy atom. The molecule has 3 heterocycles. The molecular formula is C24H22N2O6S. The van der Waals surface area contributed by atoms with E-state index in [4.69, 9.17) is 14.1 Å². The van der Waals surface area contributed by atoms with Crippen molar-refractivity contribution in [2.75, 3.05) is 18.1 Å². The summed E-state index contributed by atoms with van der Waals surface area (Å²) < 4.78 is 34.0. The van der Waals surface area contributed by atoms with E-state index in [-0.39, 0.29) is 11.5 Å². The molecule has 5 rings (SSSR count). The van der Waals surface area contributed by atoms with Crippen LogP contribution in [-0.2, 0) is 25.8 Å². The van der Waals surface area contributed by atoms with Gasteiger partial charge in [0.1, 0.15) is 5.76 Å². The number of aromatic nitrogens is 1. The minimum absolute atomic E-state index is 0.0563. The summed E-state index contributed by atoms with van der Waals surface area (Å²) in [5.41, 5.74) is 3.57. The molecule has 1 aliphatic carbocycles. The van der Waals surface area contributed by atoms with Crippen LogP contribution in [-0.4, -0.2) is 49.4 Å². The maximum absolute atomic E-state index is 13.1. The normalized spacial score (nSPS) is 20.1. The standard InChI is InChI=1S/C24H22N2O6S/c27-21(25-16-9-11-33(29,30)14-16)13-32-24(28)22-18-5-1-2-6-20(18)26-23-15(7-8-19(22)23)12-17-4-3-10-31-17/h1-6,10,12,16H,7-9,11,13-14H2,(H,25,27). The zero-order valence-corrected chi connectivity index (χ0v) is 18.6. The summed E-state index contributed by atoms with van der Waals surface area (Å²) >= 11 is 0. The molecule has 8 nitrogen and oxygen atoms in total. The summed E-state index contributed by atoms with van der Waals surface area (Å²) in [6.07, 6.45) is 5.22. The first-order valence-electron chi connectivity index (χ1n) is 10.7. The third-order valence-corrected chi connectivity index (χ3v) is 7.71. The van der Waals surface area contributed by atoms with Gasteiger partial charge in [0.25, 0.3) is 5.91 Å². The monoisotopic (exact) mass is 466 g/mol. The number of ether oxygens (including phenoxy) is 1. The summed E-state index contributed by atoms with van der Waals surface area (Å²) in [6.45, 7) is -0.476. The van der Waals surface area contributed by atoms with Crippen LogP contribution >= 0.6 is 0 Å². The van der Waals surface area contributed by atoms with E-state index >= 15 is 0 Å². The van der Waals surface area contributed by atoms with Crippen LogP contribution in [0.1, 0.15) is 40.2 Å². The molecular weight excluding hydrogens is 444 g/mol. The molecule has 0 bridgehead atoms. The summed E-state index contributed by atoms with van der Waals surface area (Å²) in [5.74, 6) is -0.430. The summed E-state index contributed by atoms with van der Waals surface area (Å²) in [7, 11) is -3.11. The van der Waals surface area contributed by atoms with Gasteiger partial charge in [-0.1, -0.05) is 18.2 Å². The van der Waals surface area contributed by atoms with E-state index in [1.54, 1.807) is 6.26 Å². The van der Waals surface area contributed by atoms with Crippen molar-refractivity contribution in [2.24, 2.45) is 0 Å². The summed E-state index contributed by atoms with van der Waals surface area (Å²) in [5, 5.41) is 3.30. The van der Waals surface area contributed by atoms with E-state index < -0.39 is 34.4 Å². The van der Waals surface area contributed by atoms with Crippen LogP contribution in [0, 0.1) is 0 Å². The Morgan fingerprint density at radius 1 is 1.18 bits per heavy atom. The van der Waals surface area contributed by atoms with E-state index in [0.717, 1.165) is 16.8 Å². The van der Waals surface area contributed by atoms with Gasteiger partial charge in [0.05, 0.1) is 34.5 Å². The number of rotatable bonds is 5. The quantitative estimate of drug-likeness (QED) is 0.575. The summed E-state index contributed by atoms with van der Waals surface area (Å²) in [6, 6.07) is 10.6. The number of nitrogens with zero attached hydrogens (tertiary/aromatic N) is 1. The van der Waals surface area contributed by atoms with Crippen LogP contribution in [0.25, 0.3) is 22.6 Å². The van der Waals surface area contributed by atoms with Crippen molar-refractivity contribution in [3.63, 3.8) is 0 Å². The molecule has 1 saturated heterocycles. The van der Waals surface area contributed by atoms with Crippen molar-refractivity contribution in [3.05, 3.63) is 65.2 Å². The van der Waals surface area contributed by atoms with E-state index in [9.17, 15) is 18.0 Å². The van der Waals surface area contributed by atoms with Crippen LogP contribution in [0.2, 0.25) is 0 Å². The van der Waals surface area contributed by atoms with Gasteiger partial charge >= 0.3 is 5.97 Å². The number of allylic oxidation sites excluding steroid dienone is 1. The molecule has 0 spiro atoms. The molecule has 2 aromatic heterocycles. The van der Waals surface area contributed by atoms with Crippen molar-refractivity contribution in [1.82, 2.24) is 10.3 Å². The smallest absolute Gasteiger partial charge is 0.339 e. The number of para-hydroxylation sites is 1. The lowest BCUT2D eigenvalue weighted by Crippen LogP contribution is -2.38. The average molecular weight is 467 g/mol. The molecule has 3 aromatic rings. The number of benzene rings is 1. The van der Waals surface area contributed by atoms with Crippen LogP contribution < -0.4 is 5.32 Å². The second-order valence-electron chi connectivity index (χ2n) is 8.26. The second kappa shape index (κ2) is 8.47. The molecule has 1 fully saturated rings. The maximum Gasteiger partial charge on any atom is 0.339 e. The minimum Gasteiger partial charge on any atom is -0.465 e. The number of amides is 1. The number of furan rings is 1. The van der Waals surface area contributed by atoms with E-state index in [2.05, 4.69) is 5.32 Å². The van der Waals surface area contributed by atoms with Gasteiger partial charge in [-0.05, 0) is 54.7 Å². The Bertz CT molecular complexity index is 1380. The molecule has 1 unspecified atom stereocenters. The Balaban J connectivity index is 1.40. The number of hydrogen-bond donors (Lipinski definition) is 1. The van der Waals surface area contributed by atoms with Crippen molar-refractivity contribution >= 4 is 44.3 Å². The second-order valence-corrected chi connectivity index (χ2v) is 10.5. The first-order valence-corrected chi connectivity index (χ1v) is 12.5. The van der Waals surface area contributed by atoms with Crippen molar-refractivity contribution in [2.45, 2.75) is 25.3 Å². The molecule has 170 valence electrons. The zero-order valence-electron chi connectivity index (χ0n) is 17.7. The largest absolute Gasteiger partial charge is 0.465 e. The fourth-order valence-corrected chi connectivity index (χ4v) is 6.11. The SMILES string of the molecule is O=C(COC(=O)c1c2c(nc3ccccc13)C(=Cc1ccco1)CC2)NC1CCS(=O)(=O)C1. The first kappa shape index (κ1) is 21.4. The molecule has 1 N–H and O–H groups in total. The fourth-order valence-electron chi connectivity index (χ4n) is 4.44. The Labute approximate surface area is 190 Å². The first-order chi connectivity index (χ1) is 15.9. The highest BCUT2D eigenvalue weighted by atomic mass is 32.2. The highest BCUT2D eigenvalue weighted by Gasteiger charge is 2.30. The number of sulfone groups is 1. The van der Waals surface area contributed by atoms with Gasteiger partial charge < -0.3 is 14.5 Å². The van der Waals surface area contributed by atoms with Gasteiger partial charge in [0.2, 0.25) is 0 Å². The summed E-state index contributed by atoms with van der Waals surface area (Å²) in [4.78, 5) is 30.2. The number of fused-ring (bicyclic) bond motifs is 2. The molecule has 1 aliphatic heterocycles.